The summed E-state index contributed by atoms with van der Waals surface area (Å²) in [6.45, 7) is 2.63. The van der Waals surface area contributed by atoms with Gasteiger partial charge in [0.05, 0.1) is 13.2 Å². The number of rotatable bonds is 47. The third-order valence-electron chi connectivity index (χ3n) is 11.1. The van der Waals surface area contributed by atoms with Gasteiger partial charge >= 0.3 is 19.8 Å². The fraction of sp³-hybridized carbons (Fsp3) is 0.896. The number of ether oxygens (including phenoxy) is 1. The van der Waals surface area contributed by atoms with Crippen molar-refractivity contribution in [2.24, 2.45) is 0 Å². The van der Waals surface area contributed by atoms with Gasteiger partial charge in [-0.15, -0.1) is 0 Å². The second-order valence-corrected chi connectivity index (χ2v) is 18.5. The second kappa shape index (κ2) is 43.9. The number of amides is 1. The highest BCUT2D eigenvalue weighted by Crippen LogP contribution is 2.43. The van der Waals surface area contributed by atoms with E-state index in [9.17, 15) is 34.1 Å². The molecule has 12 heteroatoms. The Morgan fingerprint density at radius 2 is 0.867 bits per heavy atom. The monoisotopic (exact) mass is 874 g/mol. The second-order valence-electron chi connectivity index (χ2n) is 17.0. The lowest BCUT2D eigenvalue weighted by Gasteiger charge is -2.18. The van der Waals surface area contributed by atoms with Crippen molar-refractivity contribution in [3.8, 4) is 0 Å². The van der Waals surface area contributed by atoms with Gasteiger partial charge in [0.15, 0.2) is 6.04 Å². The zero-order valence-corrected chi connectivity index (χ0v) is 39.4. The molecule has 0 rings (SSSR count). The average molecular weight is 874 g/mol. The fourth-order valence-corrected chi connectivity index (χ4v) is 7.97. The molecule has 0 heterocycles. The summed E-state index contributed by atoms with van der Waals surface area (Å²) in [7, 11) is -4.75. The molecule has 354 valence electrons. The summed E-state index contributed by atoms with van der Waals surface area (Å²) in [5.74, 6) is -2.36. The van der Waals surface area contributed by atoms with Crippen LogP contribution in [0.2, 0.25) is 0 Å². The van der Waals surface area contributed by atoms with E-state index in [4.69, 9.17) is 13.8 Å². The molecule has 4 N–H and O–H groups in total. The third kappa shape index (κ3) is 42.9. The van der Waals surface area contributed by atoms with E-state index in [0.717, 1.165) is 38.5 Å². The van der Waals surface area contributed by atoms with Gasteiger partial charge in [0.25, 0.3) is 0 Å². The van der Waals surface area contributed by atoms with Gasteiger partial charge in [-0.2, -0.15) is 0 Å². The number of phosphoric ester groups is 1. The molecule has 0 bridgehead atoms. The lowest BCUT2D eigenvalue weighted by molar-refractivity contribution is -0.147. The van der Waals surface area contributed by atoms with Crippen LogP contribution in [0.3, 0.4) is 0 Å². The molecule has 0 aromatic rings. The molecule has 0 aromatic heterocycles. The van der Waals surface area contributed by atoms with E-state index in [1.807, 2.05) is 0 Å². The highest BCUT2D eigenvalue weighted by molar-refractivity contribution is 7.47. The van der Waals surface area contributed by atoms with E-state index in [1.165, 1.54) is 167 Å². The molecule has 0 spiro atoms. The molecule has 0 aliphatic heterocycles. The lowest BCUT2D eigenvalue weighted by atomic mass is 10.0. The molecule has 0 radical (unpaired) electrons. The van der Waals surface area contributed by atoms with Crippen LogP contribution in [-0.2, 0) is 32.7 Å². The van der Waals surface area contributed by atoms with Gasteiger partial charge in [0.2, 0.25) is 5.91 Å². The minimum absolute atomic E-state index is 0.151. The van der Waals surface area contributed by atoms with Gasteiger partial charge in [-0.3, -0.25) is 18.6 Å². The Morgan fingerprint density at radius 1 is 0.517 bits per heavy atom. The van der Waals surface area contributed by atoms with Crippen molar-refractivity contribution in [1.29, 1.82) is 0 Å². The quantitative estimate of drug-likeness (QED) is 0.0200. The molecule has 0 aliphatic carbocycles. The molecule has 3 unspecified atom stereocenters. The molecule has 0 aromatic carbocycles. The van der Waals surface area contributed by atoms with Crippen molar-refractivity contribution in [2.45, 2.75) is 257 Å². The standard InChI is InChI=1S/C48H92NO10P/c1-3-5-7-9-11-13-15-17-19-21-22-24-26-28-30-32-34-36-38-40-47(52)57-41-44(50)42-58-60(55,56)59-43-45(48(53)54)49-46(51)39-37-35-33-31-29-27-25-23-20-18-16-14-12-10-8-6-4-2/h17,19,44-45,50H,3-16,18,20-43H2,1-2H3,(H,49,51)(H,53,54)(H,55,56)/b19-17+. The molecule has 60 heavy (non-hydrogen) atoms. The predicted octanol–water partition coefficient (Wildman–Crippen LogP) is 13.2. The minimum Gasteiger partial charge on any atom is -0.480 e. The molecule has 0 saturated heterocycles. The van der Waals surface area contributed by atoms with E-state index >= 15 is 0 Å². The predicted molar refractivity (Wildman–Crippen MR) is 245 cm³/mol. The largest absolute Gasteiger partial charge is 0.480 e. The Balaban J connectivity index is 3.82. The van der Waals surface area contributed by atoms with Gasteiger partial charge in [-0.1, -0.05) is 206 Å². The van der Waals surface area contributed by atoms with Crippen LogP contribution < -0.4 is 5.32 Å². The van der Waals surface area contributed by atoms with Crippen LogP contribution in [0, 0.1) is 0 Å². The zero-order valence-electron chi connectivity index (χ0n) is 38.5. The number of hydrogen-bond donors (Lipinski definition) is 4. The van der Waals surface area contributed by atoms with E-state index in [1.54, 1.807) is 0 Å². The van der Waals surface area contributed by atoms with Crippen molar-refractivity contribution in [3.63, 3.8) is 0 Å². The number of esters is 1. The van der Waals surface area contributed by atoms with Gasteiger partial charge in [0.1, 0.15) is 12.7 Å². The first kappa shape index (κ1) is 58.2. The third-order valence-corrected chi connectivity index (χ3v) is 12.0. The van der Waals surface area contributed by atoms with Crippen molar-refractivity contribution < 1.29 is 47.8 Å². The number of carboxylic acids is 1. The number of carboxylic acid groups (broad SMARTS) is 1. The van der Waals surface area contributed by atoms with Crippen LogP contribution in [0.4, 0.5) is 0 Å². The van der Waals surface area contributed by atoms with Crippen LogP contribution in [0.1, 0.15) is 245 Å². The summed E-state index contributed by atoms with van der Waals surface area (Å²) in [5.41, 5.74) is 0. The van der Waals surface area contributed by atoms with Crippen LogP contribution in [0.25, 0.3) is 0 Å². The molecule has 11 nitrogen and oxygen atoms in total. The van der Waals surface area contributed by atoms with Gasteiger partial charge in [0, 0.05) is 12.8 Å². The van der Waals surface area contributed by atoms with Crippen LogP contribution >= 0.6 is 7.82 Å². The maximum Gasteiger partial charge on any atom is 0.472 e. The topological polar surface area (TPSA) is 169 Å². The molecule has 1 amide bonds. The number of hydrogen-bond acceptors (Lipinski definition) is 8. The number of unbranched alkanes of at least 4 members (excludes halogenated alkanes) is 31. The molecule has 0 fully saturated rings. The Kier molecular flexibility index (Phi) is 42.6. The average Bonchev–Trinajstić information content (AvgIpc) is 3.22. The van der Waals surface area contributed by atoms with E-state index in [2.05, 4.69) is 31.3 Å². The number of allylic oxidation sites excluding steroid dienone is 2. The molecule has 3 atom stereocenters. The molecular formula is C48H92NO10P. The van der Waals surface area contributed by atoms with Crippen molar-refractivity contribution in [2.75, 3.05) is 19.8 Å². The van der Waals surface area contributed by atoms with Crippen LogP contribution in [-0.4, -0.2) is 64.9 Å². The number of aliphatic carboxylic acids is 1. The van der Waals surface area contributed by atoms with Crippen LogP contribution in [0.15, 0.2) is 12.2 Å². The Hall–Kier alpha value is -1.78. The number of carbonyl (C=O) groups is 3. The fourth-order valence-electron chi connectivity index (χ4n) is 7.19. The zero-order chi connectivity index (χ0) is 44.2. The number of carbonyl (C=O) groups excluding carboxylic acids is 2. The lowest BCUT2D eigenvalue weighted by Crippen LogP contribution is -2.43. The van der Waals surface area contributed by atoms with Crippen molar-refractivity contribution in [3.05, 3.63) is 12.2 Å². The number of nitrogens with one attached hydrogen (secondary N) is 1. The van der Waals surface area contributed by atoms with E-state index < -0.39 is 57.6 Å². The Labute approximate surface area is 367 Å². The maximum absolute atomic E-state index is 12.3. The van der Waals surface area contributed by atoms with Crippen molar-refractivity contribution in [1.82, 2.24) is 5.32 Å². The number of aliphatic hydroxyl groups is 1. The molecule has 0 saturated carbocycles. The van der Waals surface area contributed by atoms with Gasteiger partial charge in [-0.05, 0) is 38.5 Å². The summed E-state index contributed by atoms with van der Waals surface area (Å²) < 4.78 is 26.9. The SMILES string of the molecule is CCCCCCCC/C=C/CCCCCCCCCCCC(=O)OCC(O)COP(=O)(O)OCC(NC(=O)CCCCCCCCCCCCCCCCCCC)C(=O)O. The minimum atomic E-state index is -4.75. The summed E-state index contributed by atoms with van der Waals surface area (Å²) in [5, 5.41) is 21.9. The smallest absolute Gasteiger partial charge is 0.472 e. The van der Waals surface area contributed by atoms with E-state index in [0.29, 0.717) is 12.8 Å². The Morgan fingerprint density at radius 3 is 1.27 bits per heavy atom. The summed E-state index contributed by atoms with van der Waals surface area (Å²) >= 11 is 0. The Bertz CT molecular complexity index is 1070. The number of aliphatic hydroxyl groups excluding tert-OH is 1. The number of phosphoric acid groups is 1. The summed E-state index contributed by atoms with van der Waals surface area (Å²) in [6.07, 6.45) is 45.1. The first-order chi connectivity index (χ1) is 29.1. The van der Waals surface area contributed by atoms with Gasteiger partial charge in [-0.25, -0.2) is 9.36 Å². The normalized spacial score (nSPS) is 13.7. The molecule has 0 aliphatic rings. The first-order valence-corrected chi connectivity index (χ1v) is 26.2. The highest BCUT2D eigenvalue weighted by atomic mass is 31.2. The van der Waals surface area contributed by atoms with E-state index in [-0.39, 0.29) is 12.8 Å². The van der Waals surface area contributed by atoms with Crippen molar-refractivity contribution >= 4 is 25.7 Å². The highest BCUT2D eigenvalue weighted by Gasteiger charge is 2.28. The summed E-state index contributed by atoms with van der Waals surface area (Å²) in [4.78, 5) is 46.0. The first-order valence-electron chi connectivity index (χ1n) is 24.7. The maximum atomic E-state index is 12.3. The summed E-state index contributed by atoms with van der Waals surface area (Å²) in [6, 6.07) is -1.54. The van der Waals surface area contributed by atoms with Crippen LogP contribution in [0.5, 0.6) is 0 Å². The molecular weight excluding hydrogens is 781 g/mol. The van der Waals surface area contributed by atoms with Gasteiger partial charge < -0.3 is 25.2 Å².